The number of nitrogens with zero attached hydrogens (tertiary/aromatic N) is 1. The molecular weight excluding hydrogens is 249 g/mol. The number of carbonyl (C=O) groups is 1. The molecule has 0 atom stereocenters. The number of hydrogen-bond acceptors (Lipinski definition) is 2. The molecule has 5 heteroatoms. The zero-order valence-corrected chi connectivity index (χ0v) is 10.7. The smallest absolute Gasteiger partial charge is 0.248 e. The summed E-state index contributed by atoms with van der Waals surface area (Å²) in [6, 6.07) is 5.35. The average Bonchev–Trinajstić information content (AvgIpc) is 2.25. The first-order chi connectivity index (χ1) is 7.56. The third-order valence-corrected chi connectivity index (χ3v) is 2.99. The summed E-state index contributed by atoms with van der Waals surface area (Å²) in [5.41, 5.74) is 0.820. The predicted octanol–water partition coefficient (Wildman–Crippen LogP) is 2.60. The van der Waals surface area contributed by atoms with Crippen molar-refractivity contribution in [2.24, 2.45) is 0 Å². The lowest BCUT2D eigenvalue weighted by Crippen LogP contribution is -2.29. The Morgan fingerprint density at radius 1 is 1.44 bits per heavy atom. The van der Waals surface area contributed by atoms with Crippen molar-refractivity contribution in [1.82, 2.24) is 4.90 Å². The minimum Gasteiger partial charge on any atom is -0.375 e. The van der Waals surface area contributed by atoms with Gasteiger partial charge < -0.3 is 9.64 Å². The number of benzene rings is 1. The van der Waals surface area contributed by atoms with Crippen molar-refractivity contribution in [3.63, 3.8) is 0 Å². The van der Waals surface area contributed by atoms with Crippen LogP contribution in [0.4, 0.5) is 0 Å². The van der Waals surface area contributed by atoms with E-state index in [9.17, 15) is 4.79 Å². The molecule has 1 aromatic rings. The molecule has 0 bridgehead atoms. The summed E-state index contributed by atoms with van der Waals surface area (Å²) >= 11 is 11.9. The molecule has 1 amide bonds. The van der Waals surface area contributed by atoms with Gasteiger partial charge >= 0.3 is 0 Å². The molecule has 1 rings (SSSR count). The summed E-state index contributed by atoms with van der Waals surface area (Å²) in [6.07, 6.45) is 0. The van der Waals surface area contributed by atoms with Gasteiger partial charge in [0, 0.05) is 20.7 Å². The Morgan fingerprint density at radius 2 is 2.12 bits per heavy atom. The Labute approximate surface area is 105 Å². The number of carbonyl (C=O) groups excluding carboxylic acids is 1. The van der Waals surface area contributed by atoms with E-state index in [1.165, 1.54) is 7.11 Å². The number of hydrogen-bond donors (Lipinski definition) is 0. The van der Waals surface area contributed by atoms with Crippen molar-refractivity contribution < 1.29 is 9.53 Å². The quantitative estimate of drug-likeness (QED) is 0.834. The van der Waals surface area contributed by atoms with Gasteiger partial charge in [0.25, 0.3) is 0 Å². The van der Waals surface area contributed by atoms with Crippen LogP contribution in [-0.2, 0) is 16.1 Å². The Balaban J connectivity index is 2.73. The van der Waals surface area contributed by atoms with Crippen LogP contribution >= 0.6 is 23.2 Å². The summed E-state index contributed by atoms with van der Waals surface area (Å²) in [4.78, 5) is 13.0. The van der Waals surface area contributed by atoms with Gasteiger partial charge in [0.15, 0.2) is 0 Å². The molecule has 0 radical (unpaired) electrons. The van der Waals surface area contributed by atoms with Crippen molar-refractivity contribution >= 4 is 29.1 Å². The molecule has 0 saturated carbocycles. The highest BCUT2D eigenvalue weighted by molar-refractivity contribution is 6.42. The fourth-order valence-electron chi connectivity index (χ4n) is 1.25. The van der Waals surface area contributed by atoms with Crippen LogP contribution in [0.3, 0.4) is 0 Å². The summed E-state index contributed by atoms with van der Waals surface area (Å²) in [6.45, 7) is 0.482. The van der Waals surface area contributed by atoms with Gasteiger partial charge in [-0.25, -0.2) is 0 Å². The molecule has 0 spiro atoms. The molecule has 3 nitrogen and oxygen atoms in total. The fraction of sp³-hybridized carbons (Fsp3) is 0.364. The first-order valence-corrected chi connectivity index (χ1v) is 5.47. The Kier molecular flexibility index (Phi) is 5.06. The monoisotopic (exact) mass is 261 g/mol. The second-order valence-electron chi connectivity index (χ2n) is 3.40. The summed E-state index contributed by atoms with van der Waals surface area (Å²) in [7, 11) is 3.18. The Morgan fingerprint density at radius 3 is 2.75 bits per heavy atom. The third-order valence-electron chi connectivity index (χ3n) is 2.13. The van der Waals surface area contributed by atoms with E-state index in [-0.39, 0.29) is 12.5 Å². The number of rotatable bonds is 4. The van der Waals surface area contributed by atoms with Crippen LogP contribution in [0.2, 0.25) is 10.0 Å². The SMILES string of the molecule is COCC(=O)N(C)Cc1cccc(Cl)c1Cl. The van der Waals surface area contributed by atoms with E-state index in [0.717, 1.165) is 5.56 Å². The number of amides is 1. The zero-order chi connectivity index (χ0) is 12.1. The number of halogens is 2. The highest BCUT2D eigenvalue weighted by Gasteiger charge is 2.11. The molecule has 0 aliphatic carbocycles. The van der Waals surface area contributed by atoms with Gasteiger partial charge in [-0.15, -0.1) is 0 Å². The lowest BCUT2D eigenvalue weighted by atomic mass is 10.2. The van der Waals surface area contributed by atoms with Crippen LogP contribution in [0.1, 0.15) is 5.56 Å². The van der Waals surface area contributed by atoms with Gasteiger partial charge in [-0.1, -0.05) is 35.3 Å². The molecule has 0 fully saturated rings. The zero-order valence-electron chi connectivity index (χ0n) is 9.17. The maximum absolute atomic E-state index is 11.5. The fourth-order valence-corrected chi connectivity index (χ4v) is 1.63. The highest BCUT2D eigenvalue weighted by Crippen LogP contribution is 2.26. The molecular formula is C11H13Cl2NO2. The standard InChI is InChI=1S/C11H13Cl2NO2/c1-14(10(15)7-16-2)6-8-4-3-5-9(12)11(8)13/h3-5H,6-7H2,1-2H3. The molecule has 0 aromatic heterocycles. The van der Waals surface area contributed by atoms with Gasteiger partial charge in [-0.05, 0) is 11.6 Å². The first-order valence-electron chi connectivity index (χ1n) is 4.72. The highest BCUT2D eigenvalue weighted by atomic mass is 35.5. The van der Waals surface area contributed by atoms with Crippen molar-refractivity contribution in [2.75, 3.05) is 20.8 Å². The molecule has 0 heterocycles. The number of methoxy groups -OCH3 is 1. The number of ether oxygens (including phenoxy) is 1. The molecule has 0 aliphatic rings. The lowest BCUT2D eigenvalue weighted by molar-refractivity contribution is -0.134. The predicted molar refractivity (Wildman–Crippen MR) is 64.8 cm³/mol. The van der Waals surface area contributed by atoms with Crippen LogP contribution in [0.5, 0.6) is 0 Å². The van der Waals surface area contributed by atoms with E-state index >= 15 is 0 Å². The Hall–Kier alpha value is -0.770. The van der Waals surface area contributed by atoms with Crippen LogP contribution in [0, 0.1) is 0 Å². The second-order valence-corrected chi connectivity index (χ2v) is 4.18. The van der Waals surface area contributed by atoms with Gasteiger partial charge in [-0.3, -0.25) is 4.79 Å². The van der Waals surface area contributed by atoms with E-state index in [1.807, 2.05) is 6.07 Å². The maximum Gasteiger partial charge on any atom is 0.248 e. The van der Waals surface area contributed by atoms with Crippen LogP contribution < -0.4 is 0 Å². The van der Waals surface area contributed by atoms with E-state index < -0.39 is 0 Å². The van der Waals surface area contributed by atoms with Crippen molar-refractivity contribution in [2.45, 2.75) is 6.54 Å². The molecule has 88 valence electrons. The minimum atomic E-state index is -0.0986. The maximum atomic E-state index is 11.5. The normalized spacial score (nSPS) is 10.2. The molecule has 0 aliphatic heterocycles. The molecule has 16 heavy (non-hydrogen) atoms. The van der Waals surface area contributed by atoms with Crippen molar-refractivity contribution in [3.05, 3.63) is 33.8 Å². The van der Waals surface area contributed by atoms with E-state index in [0.29, 0.717) is 16.6 Å². The van der Waals surface area contributed by atoms with Gasteiger partial charge in [0.05, 0.1) is 10.0 Å². The van der Waals surface area contributed by atoms with Gasteiger partial charge in [0.1, 0.15) is 6.61 Å². The summed E-state index contributed by atoms with van der Waals surface area (Å²) in [5.74, 6) is -0.0986. The minimum absolute atomic E-state index is 0.0642. The van der Waals surface area contributed by atoms with Gasteiger partial charge in [0.2, 0.25) is 5.91 Å². The topological polar surface area (TPSA) is 29.5 Å². The molecule has 0 N–H and O–H groups in total. The Bertz CT molecular complexity index is 382. The summed E-state index contributed by atoms with van der Waals surface area (Å²) < 4.78 is 4.77. The largest absolute Gasteiger partial charge is 0.375 e. The van der Waals surface area contributed by atoms with Crippen LogP contribution in [0.15, 0.2) is 18.2 Å². The lowest BCUT2D eigenvalue weighted by Gasteiger charge is -2.17. The van der Waals surface area contributed by atoms with Gasteiger partial charge in [-0.2, -0.15) is 0 Å². The number of likely N-dealkylation sites (N-methyl/N-ethyl adjacent to an activating group) is 1. The first kappa shape index (κ1) is 13.3. The van der Waals surface area contributed by atoms with Crippen molar-refractivity contribution in [3.8, 4) is 0 Å². The average molecular weight is 262 g/mol. The van der Waals surface area contributed by atoms with Crippen molar-refractivity contribution in [1.29, 1.82) is 0 Å². The van der Waals surface area contributed by atoms with E-state index in [2.05, 4.69) is 0 Å². The molecule has 0 unspecified atom stereocenters. The van der Waals surface area contributed by atoms with E-state index in [4.69, 9.17) is 27.9 Å². The van der Waals surface area contributed by atoms with Crippen LogP contribution in [-0.4, -0.2) is 31.6 Å². The van der Waals surface area contributed by atoms with E-state index in [1.54, 1.807) is 24.1 Å². The molecule has 1 aromatic carbocycles. The molecule has 0 saturated heterocycles. The third kappa shape index (κ3) is 3.37. The van der Waals surface area contributed by atoms with Crippen LogP contribution in [0.25, 0.3) is 0 Å². The second kappa shape index (κ2) is 6.09. The summed E-state index contributed by atoms with van der Waals surface area (Å²) in [5, 5.41) is 0.980.